The Hall–Kier alpha value is -0.580. The molecule has 0 aliphatic carbocycles. The molecule has 3 nitrogen and oxygen atoms in total. The highest BCUT2D eigenvalue weighted by atomic mass is 79.9. The van der Waals surface area contributed by atoms with Gasteiger partial charge in [0.2, 0.25) is 0 Å². The first kappa shape index (κ1) is 14.5. The SMILES string of the molecule is COC(=O)C(C)C(C)(O)c1ccc(Br)cc1Cl. The van der Waals surface area contributed by atoms with Gasteiger partial charge in [-0.15, -0.1) is 0 Å². The van der Waals surface area contributed by atoms with Crippen molar-refractivity contribution in [2.45, 2.75) is 19.4 Å². The molecule has 1 rings (SSSR count). The van der Waals surface area contributed by atoms with Gasteiger partial charge in [-0.25, -0.2) is 0 Å². The fourth-order valence-electron chi connectivity index (χ4n) is 1.54. The maximum Gasteiger partial charge on any atom is 0.311 e. The number of benzene rings is 1. The van der Waals surface area contributed by atoms with Crippen LogP contribution in [0.1, 0.15) is 19.4 Å². The lowest BCUT2D eigenvalue weighted by Gasteiger charge is -2.29. The third kappa shape index (κ3) is 3.00. The van der Waals surface area contributed by atoms with Gasteiger partial charge < -0.3 is 9.84 Å². The van der Waals surface area contributed by atoms with Crippen molar-refractivity contribution < 1.29 is 14.6 Å². The number of rotatable bonds is 3. The van der Waals surface area contributed by atoms with E-state index in [1.165, 1.54) is 7.11 Å². The van der Waals surface area contributed by atoms with Crippen LogP contribution < -0.4 is 0 Å². The summed E-state index contributed by atoms with van der Waals surface area (Å²) < 4.78 is 5.44. The first-order valence-corrected chi connectivity index (χ1v) is 6.23. The Labute approximate surface area is 114 Å². The smallest absolute Gasteiger partial charge is 0.311 e. The van der Waals surface area contributed by atoms with E-state index < -0.39 is 17.5 Å². The Morgan fingerprint density at radius 2 is 2.18 bits per heavy atom. The maximum atomic E-state index is 11.5. The molecule has 0 heterocycles. The lowest BCUT2D eigenvalue weighted by Crippen LogP contribution is -2.36. The summed E-state index contributed by atoms with van der Waals surface area (Å²) in [6, 6.07) is 5.13. The highest BCUT2D eigenvalue weighted by molar-refractivity contribution is 9.10. The minimum absolute atomic E-state index is 0.403. The molecule has 0 amide bonds. The quantitative estimate of drug-likeness (QED) is 0.870. The Bertz CT molecular complexity index is 432. The molecule has 0 aliphatic rings. The monoisotopic (exact) mass is 320 g/mol. The zero-order chi connectivity index (χ0) is 13.2. The molecule has 94 valence electrons. The second-order valence-corrected chi connectivity index (χ2v) is 5.34. The molecule has 5 heteroatoms. The van der Waals surface area contributed by atoms with Gasteiger partial charge in [-0.05, 0) is 26.0 Å². The molecular formula is C12H14BrClO3. The van der Waals surface area contributed by atoms with Crippen molar-refractivity contribution in [2.24, 2.45) is 5.92 Å². The van der Waals surface area contributed by atoms with Crippen LogP contribution in [0.15, 0.2) is 22.7 Å². The molecule has 0 aromatic heterocycles. The van der Waals surface area contributed by atoms with Crippen molar-refractivity contribution in [2.75, 3.05) is 7.11 Å². The molecule has 0 radical (unpaired) electrons. The second kappa shape index (κ2) is 5.38. The van der Waals surface area contributed by atoms with Crippen LogP contribution in [0.25, 0.3) is 0 Å². The van der Waals surface area contributed by atoms with Crippen molar-refractivity contribution in [3.05, 3.63) is 33.3 Å². The largest absolute Gasteiger partial charge is 0.469 e. The minimum atomic E-state index is -1.37. The number of ether oxygens (including phenoxy) is 1. The molecule has 2 atom stereocenters. The maximum absolute atomic E-state index is 11.5. The van der Waals surface area contributed by atoms with Crippen LogP contribution in [-0.2, 0) is 15.1 Å². The normalized spacial score (nSPS) is 16.1. The molecule has 2 unspecified atom stereocenters. The summed E-state index contributed by atoms with van der Waals surface area (Å²) in [7, 11) is 1.29. The van der Waals surface area contributed by atoms with E-state index in [2.05, 4.69) is 20.7 Å². The number of hydrogen-bond acceptors (Lipinski definition) is 3. The van der Waals surface area contributed by atoms with Crippen molar-refractivity contribution in [3.8, 4) is 0 Å². The average Bonchev–Trinajstić information content (AvgIpc) is 2.26. The van der Waals surface area contributed by atoms with E-state index in [1.807, 2.05) is 0 Å². The molecule has 0 aliphatic heterocycles. The Morgan fingerprint density at radius 1 is 1.59 bits per heavy atom. The van der Waals surface area contributed by atoms with Gasteiger partial charge in [-0.1, -0.05) is 33.6 Å². The van der Waals surface area contributed by atoms with Crippen LogP contribution in [0.4, 0.5) is 0 Å². The van der Waals surface area contributed by atoms with Gasteiger partial charge in [0.25, 0.3) is 0 Å². The summed E-state index contributed by atoms with van der Waals surface area (Å²) in [6.45, 7) is 3.15. The predicted molar refractivity (Wildman–Crippen MR) is 69.9 cm³/mol. The molecule has 0 bridgehead atoms. The number of esters is 1. The number of carbonyl (C=O) groups is 1. The minimum Gasteiger partial charge on any atom is -0.469 e. The highest BCUT2D eigenvalue weighted by Crippen LogP contribution is 2.35. The zero-order valence-corrected chi connectivity index (χ0v) is 12.2. The molecule has 0 saturated heterocycles. The van der Waals surface area contributed by atoms with Gasteiger partial charge in [0, 0.05) is 15.1 Å². The summed E-state index contributed by atoms with van der Waals surface area (Å²) in [4.78, 5) is 11.5. The van der Waals surface area contributed by atoms with Crippen molar-refractivity contribution in [1.82, 2.24) is 0 Å². The fourth-order valence-corrected chi connectivity index (χ4v) is 2.40. The van der Waals surface area contributed by atoms with Gasteiger partial charge in [0.1, 0.15) is 5.60 Å². The molecule has 1 N–H and O–H groups in total. The van der Waals surface area contributed by atoms with E-state index in [0.29, 0.717) is 10.6 Å². The van der Waals surface area contributed by atoms with E-state index >= 15 is 0 Å². The first-order valence-electron chi connectivity index (χ1n) is 5.06. The third-order valence-corrected chi connectivity index (χ3v) is 3.68. The van der Waals surface area contributed by atoms with Crippen LogP contribution in [-0.4, -0.2) is 18.2 Å². The van der Waals surface area contributed by atoms with Crippen LogP contribution in [0.5, 0.6) is 0 Å². The molecule has 1 aromatic rings. The molecular weight excluding hydrogens is 307 g/mol. The molecule has 17 heavy (non-hydrogen) atoms. The third-order valence-electron chi connectivity index (χ3n) is 2.87. The van der Waals surface area contributed by atoms with Crippen LogP contribution >= 0.6 is 27.5 Å². The van der Waals surface area contributed by atoms with Gasteiger partial charge in [0.15, 0.2) is 0 Å². The number of methoxy groups -OCH3 is 1. The zero-order valence-electron chi connectivity index (χ0n) is 9.83. The lowest BCUT2D eigenvalue weighted by molar-refractivity contribution is -0.154. The van der Waals surface area contributed by atoms with Gasteiger partial charge >= 0.3 is 5.97 Å². The number of hydrogen-bond donors (Lipinski definition) is 1. The summed E-state index contributed by atoms with van der Waals surface area (Å²) in [5.74, 6) is -1.18. The van der Waals surface area contributed by atoms with E-state index in [1.54, 1.807) is 32.0 Å². The molecule has 0 fully saturated rings. The van der Waals surface area contributed by atoms with E-state index in [9.17, 15) is 9.90 Å². The Balaban J connectivity index is 3.16. The summed E-state index contributed by atoms with van der Waals surface area (Å²) in [6.07, 6.45) is 0. The van der Waals surface area contributed by atoms with Crippen LogP contribution in [0.2, 0.25) is 5.02 Å². The van der Waals surface area contributed by atoms with Crippen LogP contribution in [0.3, 0.4) is 0 Å². The standard InChI is InChI=1S/C12H14BrClO3/c1-7(11(15)17-3)12(2,16)9-5-4-8(13)6-10(9)14/h4-7,16H,1-3H3. The van der Waals surface area contributed by atoms with Crippen molar-refractivity contribution in [3.63, 3.8) is 0 Å². The number of carbonyl (C=O) groups excluding carboxylic acids is 1. The highest BCUT2D eigenvalue weighted by Gasteiger charge is 2.37. The Morgan fingerprint density at radius 3 is 2.65 bits per heavy atom. The van der Waals surface area contributed by atoms with E-state index in [0.717, 1.165) is 4.47 Å². The lowest BCUT2D eigenvalue weighted by atomic mass is 9.84. The second-order valence-electron chi connectivity index (χ2n) is 4.02. The van der Waals surface area contributed by atoms with Crippen molar-refractivity contribution in [1.29, 1.82) is 0 Å². The van der Waals surface area contributed by atoms with Gasteiger partial charge in [0.05, 0.1) is 13.0 Å². The number of aliphatic hydroxyl groups is 1. The predicted octanol–water partition coefficient (Wildman–Crippen LogP) is 3.12. The fraction of sp³-hybridized carbons (Fsp3) is 0.417. The molecule has 1 aromatic carbocycles. The summed E-state index contributed by atoms with van der Waals surface area (Å²) in [5, 5.41) is 10.8. The summed E-state index contributed by atoms with van der Waals surface area (Å²) >= 11 is 9.35. The van der Waals surface area contributed by atoms with Crippen molar-refractivity contribution >= 4 is 33.5 Å². The van der Waals surface area contributed by atoms with E-state index in [-0.39, 0.29) is 0 Å². The van der Waals surface area contributed by atoms with Gasteiger partial charge in [-0.2, -0.15) is 0 Å². The molecule has 0 spiro atoms. The van der Waals surface area contributed by atoms with Crippen LogP contribution in [0, 0.1) is 5.92 Å². The first-order chi connectivity index (χ1) is 7.80. The van der Waals surface area contributed by atoms with E-state index in [4.69, 9.17) is 11.6 Å². The Kier molecular flexibility index (Phi) is 4.58. The summed E-state index contributed by atoms with van der Waals surface area (Å²) in [5.41, 5.74) is -0.870. The molecule has 0 saturated carbocycles. The topological polar surface area (TPSA) is 46.5 Å². The average molecular weight is 322 g/mol. The van der Waals surface area contributed by atoms with Gasteiger partial charge in [-0.3, -0.25) is 4.79 Å². The number of halogens is 2.